The second-order valence-electron chi connectivity index (χ2n) is 8.08. The number of aromatic nitrogens is 2. The molecule has 0 spiro atoms. The van der Waals surface area contributed by atoms with Gasteiger partial charge in [-0.05, 0) is 46.0 Å². The van der Waals surface area contributed by atoms with Crippen LogP contribution < -0.4 is 10.7 Å². The van der Waals surface area contributed by atoms with Crippen molar-refractivity contribution < 1.29 is 4.79 Å². The van der Waals surface area contributed by atoms with Crippen LogP contribution in [0.25, 0.3) is 5.69 Å². The van der Waals surface area contributed by atoms with Gasteiger partial charge in [0.25, 0.3) is 5.91 Å². The predicted molar refractivity (Wildman–Crippen MR) is 116 cm³/mol. The minimum atomic E-state index is -0.443. The number of nitrogens with one attached hydrogen (secondary N) is 1. The highest BCUT2D eigenvalue weighted by Gasteiger charge is 2.34. The molecule has 1 aliphatic carbocycles. The van der Waals surface area contributed by atoms with E-state index in [-0.39, 0.29) is 16.7 Å². The van der Waals surface area contributed by atoms with E-state index >= 15 is 0 Å². The molecule has 0 bridgehead atoms. The molecule has 29 heavy (non-hydrogen) atoms. The number of rotatable bonds is 5. The lowest BCUT2D eigenvalue weighted by Crippen LogP contribution is -2.53. The van der Waals surface area contributed by atoms with Crippen molar-refractivity contribution in [2.45, 2.75) is 51.0 Å². The Balaban J connectivity index is 1.86. The third-order valence-electron chi connectivity index (χ3n) is 5.96. The van der Waals surface area contributed by atoms with Gasteiger partial charge in [0.05, 0.1) is 10.7 Å². The fourth-order valence-electron chi connectivity index (χ4n) is 4.07. The Morgan fingerprint density at radius 1 is 1.21 bits per heavy atom. The number of aryl methyl sites for hydroxylation is 1. The van der Waals surface area contributed by atoms with Crippen LogP contribution in [0.1, 0.15) is 54.7 Å². The highest BCUT2D eigenvalue weighted by Crippen LogP contribution is 2.30. The molecule has 0 radical (unpaired) electrons. The zero-order valence-electron chi connectivity index (χ0n) is 17.4. The van der Waals surface area contributed by atoms with E-state index in [0.717, 1.165) is 25.7 Å². The lowest BCUT2D eigenvalue weighted by molar-refractivity contribution is 0.0862. The average molecular weight is 417 g/mol. The molecule has 1 aliphatic rings. The molecule has 2 aromatic rings. The van der Waals surface area contributed by atoms with Crippen LogP contribution in [0.5, 0.6) is 0 Å². The number of carbonyl (C=O) groups excluding carboxylic acids is 1. The molecule has 1 heterocycles. The normalized spacial score (nSPS) is 16.4. The van der Waals surface area contributed by atoms with Gasteiger partial charge in [-0.15, -0.1) is 0 Å². The molecule has 1 fully saturated rings. The summed E-state index contributed by atoms with van der Waals surface area (Å²) in [5.74, 6) is -0.443. The van der Waals surface area contributed by atoms with Gasteiger partial charge in [0.15, 0.2) is 5.69 Å². The van der Waals surface area contributed by atoms with Gasteiger partial charge in [-0.25, -0.2) is 4.68 Å². The van der Waals surface area contributed by atoms with Crippen molar-refractivity contribution in [2.75, 3.05) is 20.6 Å². The Hall–Kier alpha value is -2.18. The first kappa shape index (κ1) is 21.5. The maximum atomic E-state index is 12.9. The molecule has 1 saturated carbocycles. The molecular weight excluding hydrogens is 388 g/mol. The number of hydrogen-bond acceptors (Lipinski definition) is 4. The number of hydrogen-bond donors (Lipinski definition) is 1. The summed E-state index contributed by atoms with van der Waals surface area (Å²) in [6.45, 7) is 2.27. The second kappa shape index (κ2) is 9.09. The van der Waals surface area contributed by atoms with E-state index in [2.05, 4.69) is 29.4 Å². The fourth-order valence-corrected chi connectivity index (χ4v) is 4.29. The van der Waals surface area contributed by atoms with Gasteiger partial charge in [0.1, 0.15) is 0 Å². The van der Waals surface area contributed by atoms with E-state index in [1.54, 1.807) is 23.7 Å². The van der Waals surface area contributed by atoms with Crippen LogP contribution in [0.4, 0.5) is 0 Å². The maximum absolute atomic E-state index is 12.9. The van der Waals surface area contributed by atoms with Crippen LogP contribution in [0.2, 0.25) is 5.02 Å². The average Bonchev–Trinajstić information content (AvgIpc) is 2.94. The number of amides is 1. The minimum absolute atomic E-state index is 0.0847. The topological polar surface area (TPSA) is 67.2 Å². The van der Waals surface area contributed by atoms with E-state index in [1.807, 2.05) is 12.1 Å². The highest BCUT2D eigenvalue weighted by atomic mass is 35.5. The van der Waals surface area contributed by atoms with Crippen LogP contribution in [0.3, 0.4) is 0 Å². The van der Waals surface area contributed by atoms with Crippen molar-refractivity contribution in [2.24, 2.45) is 0 Å². The van der Waals surface area contributed by atoms with Crippen molar-refractivity contribution in [1.82, 2.24) is 20.0 Å². The first-order chi connectivity index (χ1) is 13.8. The molecule has 1 aromatic heterocycles. The molecule has 1 amide bonds. The molecular formula is C22H29ClN4O2. The summed E-state index contributed by atoms with van der Waals surface area (Å²) in [7, 11) is 4.12. The number of para-hydroxylation sites is 1. The van der Waals surface area contributed by atoms with Crippen molar-refractivity contribution in [3.8, 4) is 5.69 Å². The van der Waals surface area contributed by atoms with E-state index in [1.165, 1.54) is 18.9 Å². The summed E-state index contributed by atoms with van der Waals surface area (Å²) in [5, 5.41) is 7.83. The molecule has 0 saturated heterocycles. The number of carbonyl (C=O) groups is 1. The summed E-state index contributed by atoms with van der Waals surface area (Å²) in [6.07, 6.45) is 6.82. The van der Waals surface area contributed by atoms with E-state index in [0.29, 0.717) is 22.9 Å². The molecule has 7 heteroatoms. The summed E-state index contributed by atoms with van der Waals surface area (Å²) in [5.41, 5.74) is 0.669. The van der Waals surface area contributed by atoms with Crippen LogP contribution in [-0.4, -0.2) is 46.8 Å². The first-order valence-corrected chi connectivity index (χ1v) is 10.5. The molecule has 1 aromatic carbocycles. The van der Waals surface area contributed by atoms with Crippen molar-refractivity contribution in [1.29, 1.82) is 0 Å². The van der Waals surface area contributed by atoms with Crippen molar-refractivity contribution in [3.05, 3.63) is 57.0 Å². The lowest BCUT2D eigenvalue weighted by Gasteiger charge is -2.39. The van der Waals surface area contributed by atoms with E-state index in [4.69, 9.17) is 11.6 Å². The maximum Gasteiger partial charge on any atom is 0.275 e. The van der Waals surface area contributed by atoms with Gasteiger partial charge < -0.3 is 10.2 Å². The molecule has 3 rings (SSSR count). The van der Waals surface area contributed by atoms with Crippen LogP contribution in [-0.2, 0) is 0 Å². The Labute approximate surface area is 176 Å². The predicted octanol–water partition coefficient (Wildman–Crippen LogP) is 3.58. The Morgan fingerprint density at radius 2 is 1.86 bits per heavy atom. The SMILES string of the molecule is Cc1cc(=O)c(C(=O)NCC2(N(C)C)CCCCCC2)nn1-c1ccccc1Cl. The Bertz CT molecular complexity index is 931. The third-order valence-corrected chi connectivity index (χ3v) is 6.28. The molecule has 0 atom stereocenters. The Morgan fingerprint density at radius 3 is 2.48 bits per heavy atom. The highest BCUT2D eigenvalue weighted by molar-refractivity contribution is 6.32. The Kier molecular flexibility index (Phi) is 6.75. The van der Waals surface area contributed by atoms with Crippen LogP contribution >= 0.6 is 11.6 Å². The smallest absolute Gasteiger partial charge is 0.275 e. The van der Waals surface area contributed by atoms with Gasteiger partial charge in [0, 0.05) is 23.8 Å². The minimum Gasteiger partial charge on any atom is -0.349 e. The lowest BCUT2D eigenvalue weighted by atomic mass is 9.88. The van der Waals surface area contributed by atoms with E-state index < -0.39 is 5.91 Å². The van der Waals surface area contributed by atoms with Gasteiger partial charge in [0.2, 0.25) is 5.43 Å². The number of nitrogens with zero attached hydrogens (tertiary/aromatic N) is 3. The zero-order valence-corrected chi connectivity index (χ0v) is 18.1. The molecule has 156 valence electrons. The van der Waals surface area contributed by atoms with Crippen LogP contribution in [0, 0.1) is 6.92 Å². The largest absolute Gasteiger partial charge is 0.349 e. The quantitative estimate of drug-likeness (QED) is 0.756. The summed E-state index contributed by atoms with van der Waals surface area (Å²) < 4.78 is 1.55. The fraction of sp³-hybridized carbons (Fsp3) is 0.500. The van der Waals surface area contributed by atoms with Gasteiger partial charge >= 0.3 is 0 Å². The van der Waals surface area contributed by atoms with Gasteiger partial charge in [-0.1, -0.05) is 49.4 Å². The number of likely N-dealkylation sites (N-methyl/N-ethyl adjacent to an activating group) is 1. The van der Waals surface area contributed by atoms with Gasteiger partial charge in [-0.3, -0.25) is 9.59 Å². The molecule has 0 unspecified atom stereocenters. The van der Waals surface area contributed by atoms with E-state index in [9.17, 15) is 9.59 Å². The summed E-state index contributed by atoms with van der Waals surface area (Å²) in [4.78, 5) is 27.6. The van der Waals surface area contributed by atoms with Gasteiger partial charge in [-0.2, -0.15) is 5.10 Å². The standard InChI is InChI=1S/C22H29ClN4O2/c1-16-14-19(28)20(25-27(16)18-11-7-6-10-17(18)23)21(29)24-15-22(26(2)3)12-8-4-5-9-13-22/h6-7,10-11,14H,4-5,8-9,12-13,15H2,1-3H3,(H,24,29). The third kappa shape index (κ3) is 4.70. The zero-order chi connectivity index (χ0) is 21.0. The molecule has 0 aliphatic heterocycles. The van der Waals surface area contributed by atoms with Crippen molar-refractivity contribution in [3.63, 3.8) is 0 Å². The number of benzene rings is 1. The summed E-state index contributed by atoms with van der Waals surface area (Å²) in [6, 6.07) is 8.65. The van der Waals surface area contributed by atoms with Crippen LogP contribution in [0.15, 0.2) is 35.1 Å². The van der Waals surface area contributed by atoms with Crippen molar-refractivity contribution >= 4 is 17.5 Å². The first-order valence-electron chi connectivity index (χ1n) is 10.2. The molecule has 1 N–H and O–H groups in total. The molecule has 6 nitrogen and oxygen atoms in total. The summed E-state index contributed by atoms with van der Waals surface area (Å²) >= 11 is 6.29. The second-order valence-corrected chi connectivity index (χ2v) is 8.48. The monoisotopic (exact) mass is 416 g/mol. The number of halogens is 1.